The zero-order valence-electron chi connectivity index (χ0n) is 10.4. The van der Waals surface area contributed by atoms with Gasteiger partial charge in [-0.2, -0.15) is 5.10 Å². The summed E-state index contributed by atoms with van der Waals surface area (Å²) in [5.74, 6) is 0.437. The van der Waals surface area contributed by atoms with Crippen molar-refractivity contribution in [1.82, 2.24) is 9.78 Å². The molecule has 0 saturated carbocycles. The van der Waals surface area contributed by atoms with Gasteiger partial charge in [0.05, 0.1) is 12.3 Å². The Morgan fingerprint density at radius 1 is 1.53 bits per heavy atom. The van der Waals surface area contributed by atoms with Crippen LogP contribution in [0, 0.1) is 0 Å². The van der Waals surface area contributed by atoms with Gasteiger partial charge in [0.25, 0.3) is 0 Å². The van der Waals surface area contributed by atoms with E-state index in [9.17, 15) is 4.79 Å². The second-order valence-corrected chi connectivity index (χ2v) is 4.08. The maximum Gasteiger partial charge on any atom is 0.245 e. The van der Waals surface area contributed by atoms with Gasteiger partial charge in [0.15, 0.2) is 5.76 Å². The summed E-state index contributed by atoms with van der Waals surface area (Å²) in [5.41, 5.74) is 1.59. The first-order chi connectivity index (χ1) is 8.26. The number of rotatable bonds is 4. The summed E-state index contributed by atoms with van der Waals surface area (Å²) in [6.07, 6.45) is 4.63. The van der Waals surface area contributed by atoms with Crippen LogP contribution in [0.3, 0.4) is 0 Å². The number of aromatic nitrogens is 2. The zero-order valence-corrected chi connectivity index (χ0v) is 10.4. The summed E-state index contributed by atoms with van der Waals surface area (Å²) >= 11 is 0. The third kappa shape index (κ3) is 2.40. The number of aryl methyl sites for hydroxylation is 2. The van der Waals surface area contributed by atoms with Crippen LogP contribution < -0.4 is 0 Å². The lowest BCUT2D eigenvalue weighted by atomic mass is 10.1. The number of carbonyl (C=O) groups is 1. The Labute approximate surface area is 101 Å². The van der Waals surface area contributed by atoms with E-state index >= 15 is 0 Å². The van der Waals surface area contributed by atoms with Gasteiger partial charge in [-0.3, -0.25) is 9.48 Å². The molecule has 0 spiro atoms. The summed E-state index contributed by atoms with van der Waals surface area (Å²) in [4.78, 5) is 12.3. The molecule has 0 radical (unpaired) electrons. The normalized spacial score (nSPS) is 15.3. The Balaban J connectivity index is 2.29. The van der Waals surface area contributed by atoms with E-state index in [1.165, 1.54) is 0 Å². The molecule has 0 amide bonds. The van der Waals surface area contributed by atoms with Crippen LogP contribution >= 0.6 is 0 Å². The van der Waals surface area contributed by atoms with E-state index in [2.05, 4.69) is 5.10 Å². The van der Waals surface area contributed by atoms with Crippen molar-refractivity contribution in [1.29, 1.82) is 0 Å². The molecule has 0 N–H and O–H groups in total. The van der Waals surface area contributed by atoms with E-state index in [0.717, 1.165) is 25.0 Å². The fraction of sp³-hybridized carbons (Fsp3) is 0.538. The van der Waals surface area contributed by atoms with Crippen LogP contribution in [0.2, 0.25) is 0 Å². The number of ether oxygens (including phenoxy) is 1. The molecular weight excluding hydrogens is 216 g/mol. The average molecular weight is 234 g/mol. The summed E-state index contributed by atoms with van der Waals surface area (Å²) in [6.45, 7) is 5.36. The lowest BCUT2D eigenvalue weighted by Gasteiger charge is -2.13. The van der Waals surface area contributed by atoms with Gasteiger partial charge in [-0.25, -0.2) is 0 Å². The Bertz CT molecular complexity index is 446. The zero-order chi connectivity index (χ0) is 12.3. The van der Waals surface area contributed by atoms with Crippen molar-refractivity contribution >= 4 is 5.78 Å². The molecule has 2 rings (SSSR count). The molecule has 4 heteroatoms. The smallest absolute Gasteiger partial charge is 0.245 e. The number of ketones is 1. The minimum absolute atomic E-state index is 0.0428. The molecule has 1 aromatic rings. The molecule has 0 bridgehead atoms. The fourth-order valence-corrected chi connectivity index (χ4v) is 1.91. The Kier molecular flexibility index (Phi) is 3.61. The highest BCUT2D eigenvalue weighted by molar-refractivity contribution is 6.06. The molecule has 0 unspecified atom stereocenters. The fourth-order valence-electron chi connectivity index (χ4n) is 1.91. The Hall–Kier alpha value is -1.58. The van der Waals surface area contributed by atoms with Gasteiger partial charge < -0.3 is 4.74 Å². The van der Waals surface area contributed by atoms with Crippen LogP contribution in [0.5, 0.6) is 0 Å². The van der Waals surface area contributed by atoms with Crippen molar-refractivity contribution in [3.05, 3.63) is 29.3 Å². The van der Waals surface area contributed by atoms with E-state index < -0.39 is 0 Å². The standard InChI is InChI=1S/C13H18N2O2/c1-3-10-9-11(15(4-2)14-10)13(16)12-7-5-6-8-17-12/h7,9H,3-6,8H2,1-2H3. The van der Waals surface area contributed by atoms with Gasteiger partial charge in [-0.05, 0) is 38.3 Å². The second-order valence-electron chi connectivity index (χ2n) is 4.08. The third-order valence-electron chi connectivity index (χ3n) is 2.88. The minimum Gasteiger partial charge on any atom is -0.490 e. The van der Waals surface area contributed by atoms with Gasteiger partial charge >= 0.3 is 0 Å². The van der Waals surface area contributed by atoms with Crippen molar-refractivity contribution in [2.45, 2.75) is 39.7 Å². The predicted molar refractivity (Wildman–Crippen MR) is 64.9 cm³/mol. The lowest BCUT2D eigenvalue weighted by molar-refractivity contribution is 0.0889. The first-order valence-corrected chi connectivity index (χ1v) is 6.20. The molecule has 1 aromatic heterocycles. The number of allylic oxidation sites excluding steroid dienone is 2. The molecule has 0 saturated heterocycles. The van der Waals surface area contributed by atoms with Gasteiger partial charge in [-0.15, -0.1) is 0 Å². The molecule has 92 valence electrons. The average Bonchev–Trinajstić information content (AvgIpc) is 2.82. The number of carbonyl (C=O) groups excluding carboxylic acids is 1. The molecule has 4 nitrogen and oxygen atoms in total. The molecule has 0 atom stereocenters. The predicted octanol–water partition coefficient (Wildman–Crippen LogP) is 2.34. The van der Waals surface area contributed by atoms with Gasteiger partial charge in [0, 0.05) is 6.54 Å². The Morgan fingerprint density at radius 2 is 2.35 bits per heavy atom. The second kappa shape index (κ2) is 5.17. The van der Waals surface area contributed by atoms with Crippen LogP contribution in [0.4, 0.5) is 0 Å². The third-order valence-corrected chi connectivity index (χ3v) is 2.88. The monoisotopic (exact) mass is 234 g/mol. The van der Waals surface area contributed by atoms with E-state index in [1.807, 2.05) is 26.0 Å². The highest BCUT2D eigenvalue weighted by Gasteiger charge is 2.20. The molecule has 0 fully saturated rings. The SMILES string of the molecule is CCc1cc(C(=O)C2=CCCCO2)n(CC)n1. The quantitative estimate of drug-likeness (QED) is 0.751. The highest BCUT2D eigenvalue weighted by atomic mass is 16.5. The summed E-state index contributed by atoms with van der Waals surface area (Å²) in [6, 6.07) is 1.87. The summed E-state index contributed by atoms with van der Waals surface area (Å²) in [5, 5.41) is 4.38. The number of hydrogen-bond acceptors (Lipinski definition) is 3. The first-order valence-electron chi connectivity index (χ1n) is 6.20. The van der Waals surface area contributed by atoms with Gasteiger partial charge in [-0.1, -0.05) is 6.92 Å². The largest absolute Gasteiger partial charge is 0.490 e. The number of Topliss-reactive ketones (excluding diaryl/α,β-unsaturated/α-hetero) is 1. The van der Waals surface area contributed by atoms with Crippen LogP contribution in [-0.2, 0) is 17.7 Å². The van der Waals surface area contributed by atoms with Crippen molar-refractivity contribution in [2.24, 2.45) is 0 Å². The number of hydrogen-bond donors (Lipinski definition) is 0. The van der Waals surface area contributed by atoms with Crippen molar-refractivity contribution in [2.75, 3.05) is 6.61 Å². The highest BCUT2D eigenvalue weighted by Crippen LogP contribution is 2.17. The van der Waals surface area contributed by atoms with E-state index in [4.69, 9.17) is 4.74 Å². The summed E-state index contributed by atoms with van der Waals surface area (Å²) in [7, 11) is 0. The molecule has 0 aliphatic carbocycles. The van der Waals surface area contributed by atoms with Crippen LogP contribution in [0.15, 0.2) is 17.9 Å². The van der Waals surface area contributed by atoms with Crippen LogP contribution in [0.1, 0.15) is 42.9 Å². The first kappa shape index (κ1) is 11.9. The topological polar surface area (TPSA) is 44.1 Å². The van der Waals surface area contributed by atoms with Crippen molar-refractivity contribution in [3.8, 4) is 0 Å². The lowest BCUT2D eigenvalue weighted by Crippen LogP contribution is -2.15. The molecule has 1 aliphatic heterocycles. The molecular formula is C13H18N2O2. The van der Waals surface area contributed by atoms with Crippen molar-refractivity contribution < 1.29 is 9.53 Å². The summed E-state index contributed by atoms with van der Waals surface area (Å²) < 4.78 is 7.16. The molecule has 17 heavy (non-hydrogen) atoms. The number of nitrogens with zero attached hydrogens (tertiary/aromatic N) is 2. The van der Waals surface area contributed by atoms with E-state index in [0.29, 0.717) is 24.6 Å². The molecule has 2 heterocycles. The molecule has 1 aliphatic rings. The molecule has 0 aromatic carbocycles. The maximum atomic E-state index is 12.3. The van der Waals surface area contributed by atoms with Crippen LogP contribution in [0.25, 0.3) is 0 Å². The van der Waals surface area contributed by atoms with E-state index in [1.54, 1.807) is 4.68 Å². The van der Waals surface area contributed by atoms with Gasteiger partial charge in [0.1, 0.15) is 5.69 Å². The van der Waals surface area contributed by atoms with Crippen molar-refractivity contribution in [3.63, 3.8) is 0 Å². The van der Waals surface area contributed by atoms with Crippen LogP contribution in [-0.4, -0.2) is 22.2 Å². The van der Waals surface area contributed by atoms with E-state index in [-0.39, 0.29) is 5.78 Å². The Morgan fingerprint density at radius 3 is 2.94 bits per heavy atom. The maximum absolute atomic E-state index is 12.3. The minimum atomic E-state index is -0.0428. The van der Waals surface area contributed by atoms with Gasteiger partial charge in [0.2, 0.25) is 5.78 Å².